The van der Waals surface area contributed by atoms with Crippen LogP contribution in [0.5, 0.6) is 11.5 Å². The molecule has 0 atom stereocenters. The standard InChI is InChI=1S/C21H21N3O5/c1-13-3-8-16(9-4-13)23-19(25)20(26)24-22-12-14-5-10-17(18(11-14)28-2)29-21(27)15-6-7-15/h3-5,8-12,15H,6-7H2,1-2H3,(H,23,25)(H,24,26)/b22-12-. The lowest BCUT2D eigenvalue weighted by molar-refractivity contribution is -0.136. The highest BCUT2D eigenvalue weighted by molar-refractivity contribution is 6.39. The lowest BCUT2D eigenvalue weighted by Crippen LogP contribution is -2.32. The van der Waals surface area contributed by atoms with E-state index in [1.807, 2.05) is 19.1 Å². The first-order valence-corrected chi connectivity index (χ1v) is 9.07. The van der Waals surface area contributed by atoms with Crippen LogP contribution in [0.1, 0.15) is 24.0 Å². The number of carbonyl (C=O) groups excluding carboxylic acids is 3. The molecular weight excluding hydrogens is 374 g/mol. The van der Waals surface area contributed by atoms with Crippen LogP contribution in [0.15, 0.2) is 47.6 Å². The molecule has 0 aliphatic heterocycles. The van der Waals surface area contributed by atoms with Crippen LogP contribution in [0.3, 0.4) is 0 Å². The van der Waals surface area contributed by atoms with Gasteiger partial charge in [-0.3, -0.25) is 14.4 Å². The van der Waals surface area contributed by atoms with Crippen molar-refractivity contribution in [2.45, 2.75) is 19.8 Å². The first-order chi connectivity index (χ1) is 14.0. The van der Waals surface area contributed by atoms with E-state index in [-0.39, 0.29) is 11.9 Å². The lowest BCUT2D eigenvalue weighted by Gasteiger charge is -2.09. The normalized spacial score (nSPS) is 13.0. The molecule has 0 aromatic heterocycles. The van der Waals surface area contributed by atoms with E-state index in [4.69, 9.17) is 9.47 Å². The van der Waals surface area contributed by atoms with Gasteiger partial charge >= 0.3 is 17.8 Å². The topological polar surface area (TPSA) is 106 Å². The number of aryl methyl sites for hydroxylation is 1. The Bertz CT molecular complexity index is 949. The Morgan fingerprint density at radius 3 is 2.41 bits per heavy atom. The van der Waals surface area contributed by atoms with Gasteiger partial charge < -0.3 is 14.8 Å². The number of hydrogen-bond acceptors (Lipinski definition) is 6. The minimum absolute atomic E-state index is 0.0257. The van der Waals surface area contributed by atoms with Crippen molar-refractivity contribution in [3.63, 3.8) is 0 Å². The molecule has 0 radical (unpaired) electrons. The Morgan fingerprint density at radius 1 is 1.03 bits per heavy atom. The van der Waals surface area contributed by atoms with Crippen LogP contribution in [0, 0.1) is 12.8 Å². The fourth-order valence-corrected chi connectivity index (χ4v) is 2.40. The summed E-state index contributed by atoms with van der Waals surface area (Å²) in [7, 11) is 1.46. The van der Waals surface area contributed by atoms with Crippen LogP contribution in [0.25, 0.3) is 0 Å². The molecule has 29 heavy (non-hydrogen) atoms. The molecule has 1 aliphatic carbocycles. The maximum atomic E-state index is 11.9. The van der Waals surface area contributed by atoms with Gasteiger partial charge in [-0.25, -0.2) is 5.43 Å². The second-order valence-corrected chi connectivity index (χ2v) is 6.62. The Hall–Kier alpha value is -3.68. The number of benzene rings is 2. The van der Waals surface area contributed by atoms with E-state index < -0.39 is 11.8 Å². The third-order valence-corrected chi connectivity index (χ3v) is 4.20. The summed E-state index contributed by atoms with van der Waals surface area (Å²) in [6.07, 6.45) is 3.05. The second-order valence-electron chi connectivity index (χ2n) is 6.62. The molecule has 0 heterocycles. The molecule has 1 fully saturated rings. The van der Waals surface area contributed by atoms with Gasteiger partial charge in [0.15, 0.2) is 11.5 Å². The van der Waals surface area contributed by atoms with E-state index in [0.29, 0.717) is 22.7 Å². The van der Waals surface area contributed by atoms with Crippen molar-refractivity contribution in [2.24, 2.45) is 11.0 Å². The number of esters is 1. The second kappa shape index (κ2) is 9.01. The molecule has 150 valence electrons. The molecule has 2 aromatic carbocycles. The van der Waals surface area contributed by atoms with Crippen LogP contribution in [-0.4, -0.2) is 31.1 Å². The summed E-state index contributed by atoms with van der Waals surface area (Å²) in [5.74, 6) is -1.33. The summed E-state index contributed by atoms with van der Waals surface area (Å²) in [6, 6.07) is 11.9. The summed E-state index contributed by atoms with van der Waals surface area (Å²) in [5.41, 5.74) is 4.31. The maximum Gasteiger partial charge on any atom is 0.329 e. The van der Waals surface area contributed by atoms with E-state index >= 15 is 0 Å². The Balaban J connectivity index is 1.55. The van der Waals surface area contributed by atoms with Crippen LogP contribution < -0.4 is 20.2 Å². The van der Waals surface area contributed by atoms with Gasteiger partial charge in [0.2, 0.25) is 0 Å². The molecule has 2 amide bonds. The number of rotatable bonds is 6. The molecule has 0 saturated heterocycles. The van der Waals surface area contributed by atoms with E-state index in [1.165, 1.54) is 13.3 Å². The summed E-state index contributed by atoms with van der Waals surface area (Å²) in [5, 5.41) is 6.26. The zero-order valence-electron chi connectivity index (χ0n) is 16.1. The summed E-state index contributed by atoms with van der Waals surface area (Å²) < 4.78 is 10.6. The van der Waals surface area contributed by atoms with Gasteiger partial charge in [-0.1, -0.05) is 17.7 Å². The number of hydrazone groups is 1. The van der Waals surface area contributed by atoms with E-state index in [0.717, 1.165) is 18.4 Å². The molecule has 0 unspecified atom stereocenters. The molecule has 3 rings (SSSR count). The first kappa shape index (κ1) is 20.1. The smallest absolute Gasteiger partial charge is 0.329 e. The largest absolute Gasteiger partial charge is 0.493 e. The highest BCUT2D eigenvalue weighted by Crippen LogP contribution is 2.34. The van der Waals surface area contributed by atoms with Crippen molar-refractivity contribution >= 4 is 29.7 Å². The van der Waals surface area contributed by atoms with Crippen molar-refractivity contribution in [3.8, 4) is 11.5 Å². The highest BCUT2D eigenvalue weighted by Gasteiger charge is 2.32. The number of ether oxygens (including phenoxy) is 2. The van der Waals surface area contributed by atoms with E-state index in [9.17, 15) is 14.4 Å². The van der Waals surface area contributed by atoms with Crippen LogP contribution in [0.2, 0.25) is 0 Å². The third kappa shape index (κ3) is 5.65. The lowest BCUT2D eigenvalue weighted by atomic mass is 10.2. The molecule has 8 heteroatoms. The van der Waals surface area contributed by atoms with Crippen molar-refractivity contribution in [1.82, 2.24) is 5.43 Å². The van der Waals surface area contributed by atoms with Gasteiger partial charge in [0.1, 0.15) is 0 Å². The van der Waals surface area contributed by atoms with Crippen molar-refractivity contribution in [3.05, 3.63) is 53.6 Å². The average molecular weight is 395 g/mol. The van der Waals surface area contributed by atoms with Crippen molar-refractivity contribution in [1.29, 1.82) is 0 Å². The van der Waals surface area contributed by atoms with Crippen LogP contribution >= 0.6 is 0 Å². The van der Waals surface area contributed by atoms with Crippen molar-refractivity contribution in [2.75, 3.05) is 12.4 Å². The molecule has 2 aromatic rings. The summed E-state index contributed by atoms with van der Waals surface area (Å²) in [4.78, 5) is 35.5. The highest BCUT2D eigenvalue weighted by atomic mass is 16.6. The van der Waals surface area contributed by atoms with Gasteiger partial charge in [0.25, 0.3) is 0 Å². The van der Waals surface area contributed by atoms with Crippen LogP contribution in [0.4, 0.5) is 5.69 Å². The Morgan fingerprint density at radius 2 is 1.76 bits per heavy atom. The number of hydrogen-bond donors (Lipinski definition) is 2. The first-order valence-electron chi connectivity index (χ1n) is 9.07. The SMILES string of the molecule is COc1cc(/C=N\NC(=O)C(=O)Nc2ccc(C)cc2)ccc1OC(=O)C1CC1. The number of carbonyl (C=O) groups is 3. The minimum Gasteiger partial charge on any atom is -0.493 e. The van der Waals surface area contributed by atoms with E-state index in [2.05, 4.69) is 15.8 Å². The molecule has 1 saturated carbocycles. The third-order valence-electron chi connectivity index (χ3n) is 4.20. The maximum absolute atomic E-state index is 11.9. The molecular formula is C21H21N3O5. The predicted octanol–water partition coefficient (Wildman–Crippen LogP) is 2.41. The van der Waals surface area contributed by atoms with Gasteiger partial charge in [-0.05, 0) is 55.7 Å². The Labute approximate surface area is 167 Å². The number of amides is 2. The van der Waals surface area contributed by atoms with Crippen LogP contribution in [-0.2, 0) is 14.4 Å². The summed E-state index contributed by atoms with van der Waals surface area (Å²) >= 11 is 0. The quantitative estimate of drug-likeness (QED) is 0.257. The average Bonchev–Trinajstić information content (AvgIpc) is 3.56. The molecule has 0 spiro atoms. The zero-order valence-corrected chi connectivity index (χ0v) is 16.1. The minimum atomic E-state index is -0.899. The molecule has 1 aliphatic rings. The van der Waals surface area contributed by atoms with Gasteiger partial charge in [-0.2, -0.15) is 5.10 Å². The van der Waals surface area contributed by atoms with Gasteiger partial charge in [-0.15, -0.1) is 0 Å². The summed E-state index contributed by atoms with van der Waals surface area (Å²) in [6.45, 7) is 1.92. The van der Waals surface area contributed by atoms with E-state index in [1.54, 1.807) is 30.3 Å². The number of nitrogens with zero attached hydrogens (tertiary/aromatic N) is 1. The fourth-order valence-electron chi connectivity index (χ4n) is 2.40. The number of anilines is 1. The molecule has 8 nitrogen and oxygen atoms in total. The number of methoxy groups -OCH3 is 1. The predicted molar refractivity (Wildman–Crippen MR) is 107 cm³/mol. The zero-order chi connectivity index (χ0) is 20.8. The Kier molecular flexibility index (Phi) is 6.23. The van der Waals surface area contributed by atoms with Crippen molar-refractivity contribution < 1.29 is 23.9 Å². The van der Waals surface area contributed by atoms with Gasteiger partial charge in [0.05, 0.1) is 19.2 Å². The number of nitrogens with one attached hydrogen (secondary N) is 2. The fraction of sp³-hybridized carbons (Fsp3) is 0.238. The van der Waals surface area contributed by atoms with Gasteiger partial charge in [0, 0.05) is 5.69 Å². The molecule has 2 N–H and O–H groups in total. The monoisotopic (exact) mass is 395 g/mol. The molecule has 0 bridgehead atoms.